The number of nitrogens with two attached hydrogens (primary N) is 1. The molecule has 2 aliphatic rings. The topological polar surface area (TPSA) is 64.4 Å². The standard InChI is InChI=1S/C18H26N2O2.ClH/c1-2-7-14(19)17(21)20-15-12-18(10-5-6-11-18)22-16-9-4-3-8-13(15)16;/h3-4,8-9,14-15H,2,5-7,10-12,19H2,1H3,(H,20,21);1H. The third-order valence-electron chi connectivity index (χ3n) is 4.96. The zero-order valence-electron chi connectivity index (χ0n) is 13.7. The van der Waals surface area contributed by atoms with Gasteiger partial charge in [-0.15, -0.1) is 12.4 Å². The second kappa shape index (κ2) is 7.54. The van der Waals surface area contributed by atoms with Gasteiger partial charge >= 0.3 is 0 Å². The lowest BCUT2D eigenvalue weighted by molar-refractivity contribution is -0.123. The Hall–Kier alpha value is -1.26. The molecule has 0 saturated heterocycles. The second-order valence-electron chi connectivity index (χ2n) is 6.69. The number of benzene rings is 1. The Morgan fingerprint density at radius 1 is 1.39 bits per heavy atom. The number of ether oxygens (including phenoxy) is 1. The summed E-state index contributed by atoms with van der Waals surface area (Å²) in [4.78, 5) is 12.3. The molecule has 1 spiro atoms. The average Bonchev–Trinajstić information content (AvgIpc) is 2.95. The van der Waals surface area contributed by atoms with Crippen LogP contribution < -0.4 is 15.8 Å². The number of carbonyl (C=O) groups excluding carboxylic acids is 1. The first kappa shape index (κ1) is 18.1. The van der Waals surface area contributed by atoms with Crippen molar-refractivity contribution < 1.29 is 9.53 Å². The predicted octanol–water partition coefficient (Wildman–Crippen LogP) is 3.49. The van der Waals surface area contributed by atoms with Gasteiger partial charge in [0.2, 0.25) is 5.91 Å². The molecule has 0 radical (unpaired) electrons. The van der Waals surface area contributed by atoms with Gasteiger partial charge < -0.3 is 15.8 Å². The van der Waals surface area contributed by atoms with E-state index in [9.17, 15) is 4.79 Å². The van der Waals surface area contributed by atoms with Gasteiger partial charge in [0.25, 0.3) is 0 Å². The number of halogens is 1. The first-order valence-electron chi connectivity index (χ1n) is 8.47. The largest absolute Gasteiger partial charge is 0.487 e. The molecule has 1 aromatic rings. The number of rotatable bonds is 4. The van der Waals surface area contributed by atoms with Crippen LogP contribution in [0.4, 0.5) is 0 Å². The van der Waals surface area contributed by atoms with Gasteiger partial charge in [0.15, 0.2) is 0 Å². The normalized spacial score (nSPS) is 22.6. The summed E-state index contributed by atoms with van der Waals surface area (Å²) in [6, 6.07) is 7.65. The monoisotopic (exact) mass is 338 g/mol. The van der Waals surface area contributed by atoms with Crippen LogP contribution in [0.3, 0.4) is 0 Å². The highest BCUT2D eigenvalue weighted by atomic mass is 35.5. The van der Waals surface area contributed by atoms with Gasteiger partial charge in [-0.2, -0.15) is 0 Å². The molecule has 1 heterocycles. The fraction of sp³-hybridized carbons (Fsp3) is 0.611. The molecule has 4 nitrogen and oxygen atoms in total. The fourth-order valence-corrected chi connectivity index (χ4v) is 3.79. The molecule has 1 aromatic carbocycles. The fourth-order valence-electron chi connectivity index (χ4n) is 3.79. The van der Waals surface area contributed by atoms with Crippen molar-refractivity contribution >= 4 is 18.3 Å². The molecule has 3 rings (SSSR count). The quantitative estimate of drug-likeness (QED) is 0.883. The molecule has 23 heavy (non-hydrogen) atoms. The first-order valence-corrected chi connectivity index (χ1v) is 8.47. The first-order chi connectivity index (χ1) is 10.6. The van der Waals surface area contributed by atoms with E-state index in [1.807, 2.05) is 31.2 Å². The van der Waals surface area contributed by atoms with Crippen molar-refractivity contribution in [3.05, 3.63) is 29.8 Å². The van der Waals surface area contributed by atoms with E-state index in [1.165, 1.54) is 12.8 Å². The minimum Gasteiger partial charge on any atom is -0.487 e. The Bertz CT molecular complexity index is 544. The maximum Gasteiger partial charge on any atom is 0.237 e. The molecule has 1 amide bonds. The Labute approximate surface area is 144 Å². The molecule has 3 N–H and O–H groups in total. The number of amides is 1. The Kier molecular flexibility index (Phi) is 5.93. The lowest BCUT2D eigenvalue weighted by Gasteiger charge is -2.40. The van der Waals surface area contributed by atoms with Crippen molar-refractivity contribution in [3.8, 4) is 5.75 Å². The van der Waals surface area contributed by atoms with E-state index >= 15 is 0 Å². The van der Waals surface area contributed by atoms with E-state index in [-0.39, 0.29) is 30.0 Å². The van der Waals surface area contributed by atoms with Gasteiger partial charge in [-0.25, -0.2) is 0 Å². The molecule has 1 fully saturated rings. The van der Waals surface area contributed by atoms with Crippen molar-refractivity contribution in [1.29, 1.82) is 0 Å². The number of hydrogen-bond donors (Lipinski definition) is 2. The van der Waals surface area contributed by atoms with Crippen LogP contribution >= 0.6 is 12.4 Å². The van der Waals surface area contributed by atoms with Crippen LogP contribution in [0, 0.1) is 0 Å². The lowest BCUT2D eigenvalue weighted by Crippen LogP contribution is -2.47. The lowest BCUT2D eigenvalue weighted by atomic mass is 9.85. The van der Waals surface area contributed by atoms with Crippen molar-refractivity contribution in [1.82, 2.24) is 5.32 Å². The van der Waals surface area contributed by atoms with Crippen LogP contribution in [0.5, 0.6) is 5.75 Å². The highest BCUT2D eigenvalue weighted by Gasteiger charge is 2.43. The smallest absolute Gasteiger partial charge is 0.237 e. The summed E-state index contributed by atoms with van der Waals surface area (Å²) in [6.07, 6.45) is 7.07. The molecular formula is C18H27ClN2O2. The van der Waals surface area contributed by atoms with E-state index in [4.69, 9.17) is 10.5 Å². The molecule has 1 aliphatic carbocycles. The van der Waals surface area contributed by atoms with Crippen molar-refractivity contribution in [2.75, 3.05) is 0 Å². The summed E-state index contributed by atoms with van der Waals surface area (Å²) in [6.45, 7) is 2.05. The molecule has 1 saturated carbocycles. The van der Waals surface area contributed by atoms with Gasteiger partial charge in [0.1, 0.15) is 11.4 Å². The van der Waals surface area contributed by atoms with Crippen LogP contribution in [0.15, 0.2) is 24.3 Å². The average molecular weight is 339 g/mol. The predicted molar refractivity (Wildman–Crippen MR) is 93.9 cm³/mol. The summed E-state index contributed by atoms with van der Waals surface area (Å²) < 4.78 is 6.32. The zero-order chi connectivity index (χ0) is 15.6. The van der Waals surface area contributed by atoms with Gasteiger partial charge in [0, 0.05) is 12.0 Å². The van der Waals surface area contributed by atoms with Gasteiger partial charge in [-0.1, -0.05) is 31.5 Å². The Balaban J connectivity index is 0.00000192. The number of para-hydroxylation sites is 1. The summed E-state index contributed by atoms with van der Waals surface area (Å²) >= 11 is 0. The molecule has 0 bridgehead atoms. The number of carbonyl (C=O) groups is 1. The molecule has 128 valence electrons. The van der Waals surface area contributed by atoms with E-state index in [2.05, 4.69) is 5.32 Å². The highest BCUT2D eigenvalue weighted by molar-refractivity contribution is 5.85. The third-order valence-corrected chi connectivity index (χ3v) is 4.96. The SMILES string of the molecule is CCCC(N)C(=O)NC1CC2(CCCC2)Oc2ccccc21.Cl. The van der Waals surface area contributed by atoms with Crippen molar-refractivity contribution in [2.45, 2.75) is 69.6 Å². The minimum absolute atomic E-state index is 0. The Morgan fingerprint density at radius 2 is 2.09 bits per heavy atom. The van der Waals surface area contributed by atoms with Crippen LogP contribution in [0.1, 0.15) is 63.5 Å². The van der Waals surface area contributed by atoms with Gasteiger partial charge in [-0.05, 0) is 38.2 Å². The number of nitrogens with one attached hydrogen (secondary N) is 1. The third kappa shape index (κ3) is 3.81. The maximum absolute atomic E-state index is 12.3. The summed E-state index contributed by atoms with van der Waals surface area (Å²) in [5, 5.41) is 3.17. The second-order valence-corrected chi connectivity index (χ2v) is 6.69. The Morgan fingerprint density at radius 3 is 2.78 bits per heavy atom. The van der Waals surface area contributed by atoms with Crippen LogP contribution in [0.25, 0.3) is 0 Å². The van der Waals surface area contributed by atoms with Crippen molar-refractivity contribution in [2.24, 2.45) is 5.73 Å². The summed E-state index contributed by atoms with van der Waals surface area (Å²) in [7, 11) is 0. The minimum atomic E-state index is -0.417. The van der Waals surface area contributed by atoms with E-state index < -0.39 is 6.04 Å². The molecular weight excluding hydrogens is 312 g/mol. The maximum atomic E-state index is 12.3. The summed E-state index contributed by atoms with van der Waals surface area (Å²) in [5.74, 6) is 0.877. The molecule has 5 heteroatoms. The van der Waals surface area contributed by atoms with Crippen LogP contribution in [-0.2, 0) is 4.79 Å². The van der Waals surface area contributed by atoms with Crippen molar-refractivity contribution in [3.63, 3.8) is 0 Å². The molecule has 1 aliphatic heterocycles. The van der Waals surface area contributed by atoms with Gasteiger partial charge in [0.05, 0.1) is 12.1 Å². The van der Waals surface area contributed by atoms with E-state index in [0.717, 1.165) is 43.4 Å². The van der Waals surface area contributed by atoms with E-state index in [1.54, 1.807) is 0 Å². The van der Waals surface area contributed by atoms with Gasteiger partial charge in [-0.3, -0.25) is 4.79 Å². The van der Waals surface area contributed by atoms with Crippen LogP contribution in [0.2, 0.25) is 0 Å². The van der Waals surface area contributed by atoms with Crippen LogP contribution in [-0.4, -0.2) is 17.6 Å². The highest BCUT2D eigenvalue weighted by Crippen LogP contribution is 2.46. The molecule has 2 atom stereocenters. The summed E-state index contributed by atoms with van der Waals surface area (Å²) in [5.41, 5.74) is 6.95. The molecule has 0 aromatic heterocycles. The van der Waals surface area contributed by atoms with E-state index in [0.29, 0.717) is 0 Å². The zero-order valence-corrected chi connectivity index (χ0v) is 14.5. The molecule has 2 unspecified atom stereocenters. The number of hydrogen-bond acceptors (Lipinski definition) is 3. The number of fused-ring (bicyclic) bond motifs is 1.